The molecule has 0 radical (unpaired) electrons. The van der Waals surface area contributed by atoms with Gasteiger partial charge in [-0.3, -0.25) is 4.99 Å². The summed E-state index contributed by atoms with van der Waals surface area (Å²) >= 11 is 0. The number of benzene rings is 2. The fraction of sp³-hybridized carbons (Fsp3) is 0.381. The normalized spacial score (nSPS) is 18.1. The second-order valence-corrected chi connectivity index (χ2v) is 9.45. The predicted molar refractivity (Wildman–Crippen MR) is 113 cm³/mol. The van der Waals surface area contributed by atoms with Crippen LogP contribution in [-0.2, 0) is 19.5 Å². The molecule has 0 bridgehead atoms. The van der Waals surface area contributed by atoms with Crippen LogP contribution in [0.1, 0.15) is 5.56 Å². The molecule has 184 valence electrons. The molecule has 0 aromatic heterocycles. The molecule has 0 amide bonds. The molecule has 4 rings (SSSR count). The molecule has 2 aromatic carbocycles. The van der Waals surface area contributed by atoms with Crippen LogP contribution in [0.25, 0.3) is 0 Å². The number of aliphatic imine (C=N–C) groups is 1. The van der Waals surface area contributed by atoms with Gasteiger partial charge in [-0.2, -0.15) is 4.31 Å². The highest BCUT2D eigenvalue weighted by molar-refractivity contribution is 7.89. The molecular weight excluding hydrogens is 485 g/mol. The highest BCUT2D eigenvalue weighted by atomic mass is 32.2. The maximum absolute atomic E-state index is 14.1. The topological polar surface area (TPSA) is 71.4 Å². The third-order valence-corrected chi connectivity index (χ3v) is 7.38. The SMILES string of the molecule is O=S(=O)(c1ccc(N2CCOCC2)c(N=Cc2c(F)c(F)c(F)c(F)c2F)c1)N1CCOCC1. The molecule has 0 spiro atoms. The van der Waals surface area contributed by atoms with E-state index < -0.39 is 44.7 Å². The summed E-state index contributed by atoms with van der Waals surface area (Å²) < 4.78 is 107. The Morgan fingerprint density at radius 2 is 1.32 bits per heavy atom. The van der Waals surface area contributed by atoms with Crippen LogP contribution in [0.3, 0.4) is 0 Å². The van der Waals surface area contributed by atoms with Crippen molar-refractivity contribution in [2.45, 2.75) is 4.90 Å². The first kappa shape index (κ1) is 24.5. The maximum Gasteiger partial charge on any atom is 0.243 e. The van der Waals surface area contributed by atoms with Gasteiger partial charge < -0.3 is 14.4 Å². The van der Waals surface area contributed by atoms with Crippen LogP contribution >= 0.6 is 0 Å². The Morgan fingerprint density at radius 1 is 0.794 bits per heavy atom. The molecule has 2 aromatic rings. The molecular formula is C21H20F5N3O4S. The number of sulfonamides is 1. The summed E-state index contributed by atoms with van der Waals surface area (Å²) in [4.78, 5) is 5.64. The molecule has 2 heterocycles. The standard InChI is InChI=1S/C21H20F5N3O4S/c22-17-14(18(23)20(25)21(26)19(17)24)12-27-15-11-13(34(30,31)29-5-9-33-10-6-29)1-2-16(15)28-3-7-32-8-4-28/h1-2,11-12H,3-10H2. The second kappa shape index (κ2) is 9.94. The van der Waals surface area contributed by atoms with Crippen LogP contribution in [0.15, 0.2) is 28.1 Å². The number of halogens is 5. The second-order valence-electron chi connectivity index (χ2n) is 7.51. The van der Waals surface area contributed by atoms with Gasteiger partial charge in [0.1, 0.15) is 0 Å². The van der Waals surface area contributed by atoms with Crippen molar-refractivity contribution in [3.63, 3.8) is 0 Å². The molecule has 34 heavy (non-hydrogen) atoms. The zero-order valence-electron chi connectivity index (χ0n) is 17.7. The van der Waals surface area contributed by atoms with Crippen LogP contribution in [0.5, 0.6) is 0 Å². The lowest BCUT2D eigenvalue weighted by Gasteiger charge is -2.30. The lowest BCUT2D eigenvalue weighted by atomic mass is 10.1. The van der Waals surface area contributed by atoms with E-state index in [0.29, 0.717) is 38.2 Å². The molecule has 0 unspecified atom stereocenters. The Labute approximate surface area is 192 Å². The van der Waals surface area contributed by atoms with Crippen molar-refractivity contribution in [1.82, 2.24) is 4.31 Å². The number of morpholine rings is 2. The Bertz CT molecular complexity index is 1180. The predicted octanol–water partition coefficient (Wildman–Crippen LogP) is 2.99. The Hall–Kier alpha value is -2.61. The van der Waals surface area contributed by atoms with E-state index in [4.69, 9.17) is 9.47 Å². The van der Waals surface area contributed by atoms with Crippen LogP contribution < -0.4 is 4.90 Å². The first-order valence-electron chi connectivity index (χ1n) is 10.3. The van der Waals surface area contributed by atoms with Gasteiger partial charge in [-0.15, -0.1) is 0 Å². The Balaban J connectivity index is 1.79. The fourth-order valence-corrected chi connectivity index (χ4v) is 5.07. The zero-order valence-corrected chi connectivity index (χ0v) is 18.6. The van der Waals surface area contributed by atoms with E-state index in [1.165, 1.54) is 22.5 Å². The summed E-state index contributed by atoms with van der Waals surface area (Å²) in [5.41, 5.74) is -0.824. The van der Waals surface area contributed by atoms with Gasteiger partial charge in [-0.1, -0.05) is 0 Å². The summed E-state index contributed by atoms with van der Waals surface area (Å²) in [6.45, 7) is 2.39. The molecule has 2 saturated heterocycles. The quantitative estimate of drug-likeness (QED) is 0.271. The van der Waals surface area contributed by atoms with Gasteiger partial charge >= 0.3 is 0 Å². The first-order valence-corrected chi connectivity index (χ1v) is 11.8. The molecule has 2 aliphatic rings. The van der Waals surface area contributed by atoms with Gasteiger partial charge in [0.05, 0.1) is 48.3 Å². The van der Waals surface area contributed by atoms with Crippen LogP contribution in [0, 0.1) is 29.1 Å². The number of anilines is 1. The molecule has 2 aliphatic heterocycles. The number of ether oxygens (including phenoxy) is 2. The van der Waals surface area contributed by atoms with E-state index in [0.717, 1.165) is 0 Å². The third kappa shape index (κ3) is 4.65. The fourth-order valence-electron chi connectivity index (χ4n) is 3.64. The minimum absolute atomic E-state index is 0.0137. The van der Waals surface area contributed by atoms with E-state index in [2.05, 4.69) is 4.99 Å². The third-order valence-electron chi connectivity index (χ3n) is 5.48. The summed E-state index contributed by atoms with van der Waals surface area (Å²) in [7, 11) is -3.93. The maximum atomic E-state index is 14.1. The summed E-state index contributed by atoms with van der Waals surface area (Å²) in [5, 5.41) is 0. The van der Waals surface area contributed by atoms with Gasteiger partial charge in [0, 0.05) is 32.4 Å². The van der Waals surface area contributed by atoms with Crippen LogP contribution in [-0.4, -0.2) is 71.5 Å². The number of hydrogen-bond acceptors (Lipinski definition) is 6. The molecule has 0 N–H and O–H groups in total. The van der Waals surface area contributed by atoms with Crippen molar-refractivity contribution < 1.29 is 39.8 Å². The van der Waals surface area contributed by atoms with E-state index >= 15 is 0 Å². The van der Waals surface area contributed by atoms with E-state index in [1.807, 2.05) is 4.90 Å². The largest absolute Gasteiger partial charge is 0.379 e. The minimum Gasteiger partial charge on any atom is -0.379 e. The van der Waals surface area contributed by atoms with Crippen molar-refractivity contribution >= 4 is 27.6 Å². The van der Waals surface area contributed by atoms with Gasteiger partial charge in [-0.25, -0.2) is 30.4 Å². The first-order chi connectivity index (χ1) is 16.2. The summed E-state index contributed by atoms with van der Waals surface area (Å²) in [5.74, 6) is -10.6. The Kier molecular flexibility index (Phi) is 7.17. The van der Waals surface area contributed by atoms with Crippen LogP contribution in [0.4, 0.5) is 33.3 Å². The highest BCUT2D eigenvalue weighted by Gasteiger charge is 2.28. The average molecular weight is 505 g/mol. The lowest BCUT2D eigenvalue weighted by molar-refractivity contribution is 0.0730. The number of nitrogens with zero attached hydrogens (tertiary/aromatic N) is 3. The van der Waals surface area contributed by atoms with Crippen molar-refractivity contribution in [3.8, 4) is 0 Å². The van der Waals surface area contributed by atoms with Crippen molar-refractivity contribution in [1.29, 1.82) is 0 Å². The van der Waals surface area contributed by atoms with E-state index in [-0.39, 0.29) is 36.9 Å². The van der Waals surface area contributed by atoms with Crippen LogP contribution in [0.2, 0.25) is 0 Å². The van der Waals surface area contributed by atoms with Crippen molar-refractivity contribution in [2.24, 2.45) is 4.99 Å². The summed E-state index contributed by atoms with van der Waals surface area (Å²) in [6.07, 6.45) is 0.501. The minimum atomic E-state index is -3.93. The lowest BCUT2D eigenvalue weighted by Crippen LogP contribution is -2.40. The molecule has 0 atom stereocenters. The number of rotatable bonds is 5. The van der Waals surface area contributed by atoms with Gasteiger partial charge in [-0.05, 0) is 18.2 Å². The zero-order chi connectivity index (χ0) is 24.5. The molecule has 13 heteroatoms. The average Bonchev–Trinajstić information content (AvgIpc) is 2.87. The monoisotopic (exact) mass is 505 g/mol. The van der Waals surface area contributed by atoms with E-state index in [9.17, 15) is 30.4 Å². The highest BCUT2D eigenvalue weighted by Crippen LogP contribution is 2.33. The molecule has 0 saturated carbocycles. The van der Waals surface area contributed by atoms with E-state index in [1.54, 1.807) is 0 Å². The Morgan fingerprint density at radius 3 is 1.91 bits per heavy atom. The molecule has 7 nitrogen and oxygen atoms in total. The van der Waals surface area contributed by atoms with Crippen molar-refractivity contribution in [3.05, 3.63) is 52.8 Å². The smallest absolute Gasteiger partial charge is 0.243 e. The van der Waals surface area contributed by atoms with Gasteiger partial charge in [0.25, 0.3) is 0 Å². The molecule has 0 aliphatic carbocycles. The molecule has 2 fully saturated rings. The van der Waals surface area contributed by atoms with Gasteiger partial charge in [0.15, 0.2) is 23.3 Å². The summed E-state index contributed by atoms with van der Waals surface area (Å²) in [6, 6.07) is 4.08. The van der Waals surface area contributed by atoms with Crippen molar-refractivity contribution in [2.75, 3.05) is 57.5 Å². The number of hydrogen-bond donors (Lipinski definition) is 0. The van der Waals surface area contributed by atoms with Gasteiger partial charge in [0.2, 0.25) is 15.8 Å².